The topological polar surface area (TPSA) is 32.3 Å². The third-order valence-corrected chi connectivity index (χ3v) is 3.62. The molecule has 19 heavy (non-hydrogen) atoms. The third kappa shape index (κ3) is 4.20. The van der Waals surface area contributed by atoms with Crippen LogP contribution in [-0.2, 0) is 0 Å². The Kier molecular flexibility index (Phi) is 4.80. The van der Waals surface area contributed by atoms with E-state index in [0.717, 1.165) is 13.0 Å². The van der Waals surface area contributed by atoms with E-state index in [1.807, 2.05) is 6.92 Å². The number of rotatable bonds is 5. The zero-order valence-electron chi connectivity index (χ0n) is 11.0. The quantitative estimate of drug-likeness (QED) is 0.861. The maximum atomic E-state index is 13.7. The molecule has 3 nitrogen and oxygen atoms in total. The van der Waals surface area contributed by atoms with Crippen LogP contribution in [0.4, 0.5) is 14.9 Å². The summed E-state index contributed by atoms with van der Waals surface area (Å²) in [5, 5.41) is 2.65. The molecule has 5 heteroatoms. The van der Waals surface area contributed by atoms with E-state index in [1.54, 1.807) is 17.0 Å². The van der Waals surface area contributed by atoms with Crippen molar-refractivity contribution in [3.8, 4) is 0 Å². The van der Waals surface area contributed by atoms with Gasteiger partial charge in [-0.3, -0.25) is 0 Å². The molecule has 0 aliphatic heterocycles. The molecule has 1 aliphatic carbocycles. The van der Waals surface area contributed by atoms with E-state index >= 15 is 0 Å². The van der Waals surface area contributed by atoms with Crippen LogP contribution in [0.15, 0.2) is 22.7 Å². The highest BCUT2D eigenvalue weighted by molar-refractivity contribution is 9.10. The van der Waals surface area contributed by atoms with Crippen LogP contribution in [-0.4, -0.2) is 24.0 Å². The van der Waals surface area contributed by atoms with Gasteiger partial charge < -0.3 is 10.2 Å². The monoisotopic (exact) mass is 328 g/mol. The van der Waals surface area contributed by atoms with Gasteiger partial charge in [0.25, 0.3) is 0 Å². The highest BCUT2D eigenvalue weighted by Crippen LogP contribution is 2.30. The molecule has 2 amide bonds. The second-order valence-electron chi connectivity index (χ2n) is 4.94. The molecule has 1 fully saturated rings. The van der Waals surface area contributed by atoms with Crippen LogP contribution >= 0.6 is 15.9 Å². The Labute approximate surface area is 121 Å². The maximum absolute atomic E-state index is 13.7. The van der Waals surface area contributed by atoms with Gasteiger partial charge in [0.05, 0.1) is 5.69 Å². The Balaban J connectivity index is 2.00. The molecular weight excluding hydrogens is 311 g/mol. The summed E-state index contributed by atoms with van der Waals surface area (Å²) in [6, 6.07) is 4.41. The lowest BCUT2D eigenvalue weighted by Crippen LogP contribution is -2.37. The zero-order valence-corrected chi connectivity index (χ0v) is 12.5. The van der Waals surface area contributed by atoms with E-state index in [-0.39, 0.29) is 11.7 Å². The number of carbonyl (C=O) groups excluding carboxylic acids is 1. The third-order valence-electron chi connectivity index (χ3n) is 3.13. The number of nitrogens with zero attached hydrogens (tertiary/aromatic N) is 1. The average Bonchev–Trinajstić information content (AvgIpc) is 3.16. The smallest absolute Gasteiger partial charge is 0.321 e. The number of nitrogens with one attached hydrogen (secondary N) is 1. The molecule has 0 bridgehead atoms. The minimum Gasteiger partial charge on any atom is -0.324 e. The highest BCUT2D eigenvalue weighted by Gasteiger charge is 2.26. The van der Waals surface area contributed by atoms with Crippen molar-refractivity contribution in [3.05, 3.63) is 28.5 Å². The predicted octanol–water partition coefficient (Wildman–Crippen LogP) is 4.24. The summed E-state index contributed by atoms with van der Waals surface area (Å²) in [5.41, 5.74) is 0.227. The standard InChI is InChI=1S/C14H18BrFN2O/c1-2-7-18(9-10-3-4-10)14(19)17-13-6-5-11(15)8-12(13)16/h5-6,8,10H,2-4,7,9H2,1H3,(H,17,19). The Morgan fingerprint density at radius 3 is 2.84 bits per heavy atom. The fourth-order valence-electron chi connectivity index (χ4n) is 1.94. The van der Waals surface area contributed by atoms with Crippen molar-refractivity contribution in [1.82, 2.24) is 4.90 Å². The lowest BCUT2D eigenvalue weighted by atomic mass is 10.3. The van der Waals surface area contributed by atoms with Crippen LogP contribution in [0, 0.1) is 11.7 Å². The second kappa shape index (κ2) is 6.37. The summed E-state index contributed by atoms with van der Waals surface area (Å²) in [6.45, 7) is 3.52. The van der Waals surface area contributed by atoms with E-state index in [2.05, 4.69) is 21.2 Å². The van der Waals surface area contributed by atoms with Crippen LogP contribution in [0.25, 0.3) is 0 Å². The van der Waals surface area contributed by atoms with Gasteiger partial charge in [-0.2, -0.15) is 0 Å². The summed E-state index contributed by atoms with van der Waals surface area (Å²) in [6.07, 6.45) is 3.29. The van der Waals surface area contributed by atoms with E-state index in [4.69, 9.17) is 0 Å². The lowest BCUT2D eigenvalue weighted by molar-refractivity contribution is 0.209. The van der Waals surface area contributed by atoms with Crippen LogP contribution in [0.1, 0.15) is 26.2 Å². The van der Waals surface area contributed by atoms with Crippen molar-refractivity contribution < 1.29 is 9.18 Å². The molecule has 0 unspecified atom stereocenters. The summed E-state index contributed by atoms with van der Waals surface area (Å²) in [4.78, 5) is 13.9. The lowest BCUT2D eigenvalue weighted by Gasteiger charge is -2.22. The molecule has 104 valence electrons. The largest absolute Gasteiger partial charge is 0.324 e. The van der Waals surface area contributed by atoms with Crippen LogP contribution in [0.2, 0.25) is 0 Å². The Bertz CT molecular complexity index is 463. The van der Waals surface area contributed by atoms with Gasteiger partial charge in [-0.05, 0) is 43.4 Å². The van der Waals surface area contributed by atoms with Crippen molar-refractivity contribution in [2.75, 3.05) is 18.4 Å². The van der Waals surface area contributed by atoms with Gasteiger partial charge in [-0.1, -0.05) is 22.9 Å². The fourth-order valence-corrected chi connectivity index (χ4v) is 2.28. The number of carbonyl (C=O) groups is 1. The molecule has 1 N–H and O–H groups in total. The predicted molar refractivity (Wildman–Crippen MR) is 77.7 cm³/mol. The normalized spacial score (nSPS) is 14.3. The summed E-state index contributed by atoms with van der Waals surface area (Å²) >= 11 is 3.19. The van der Waals surface area contributed by atoms with Crippen LogP contribution < -0.4 is 5.32 Å². The SMILES string of the molecule is CCCN(CC1CC1)C(=O)Nc1ccc(Br)cc1F. The Hall–Kier alpha value is -1.10. The second-order valence-corrected chi connectivity index (χ2v) is 5.86. The molecule has 1 aliphatic rings. The number of hydrogen-bond donors (Lipinski definition) is 1. The molecule has 0 atom stereocenters. The minimum atomic E-state index is -0.425. The first-order chi connectivity index (χ1) is 9.10. The Morgan fingerprint density at radius 1 is 1.53 bits per heavy atom. The number of amides is 2. The number of halogens is 2. The van der Waals surface area contributed by atoms with E-state index < -0.39 is 5.82 Å². The first kappa shape index (κ1) is 14.3. The molecule has 2 rings (SSSR count). The summed E-state index contributed by atoms with van der Waals surface area (Å²) in [7, 11) is 0. The van der Waals surface area contributed by atoms with Crippen LogP contribution in [0.3, 0.4) is 0 Å². The number of benzene rings is 1. The van der Waals surface area contributed by atoms with E-state index in [0.29, 0.717) is 16.9 Å². The average molecular weight is 329 g/mol. The molecule has 0 saturated heterocycles. The molecule has 1 aromatic carbocycles. The molecule has 0 aromatic heterocycles. The summed E-state index contributed by atoms with van der Waals surface area (Å²) < 4.78 is 14.3. The Morgan fingerprint density at radius 2 is 2.26 bits per heavy atom. The first-order valence-corrected chi connectivity index (χ1v) is 7.40. The van der Waals surface area contributed by atoms with Gasteiger partial charge in [0, 0.05) is 17.6 Å². The van der Waals surface area contributed by atoms with Crippen LogP contribution in [0.5, 0.6) is 0 Å². The van der Waals surface area contributed by atoms with Gasteiger partial charge in [-0.25, -0.2) is 9.18 Å². The van der Waals surface area contributed by atoms with E-state index in [1.165, 1.54) is 18.9 Å². The van der Waals surface area contributed by atoms with Crippen molar-refractivity contribution in [2.45, 2.75) is 26.2 Å². The van der Waals surface area contributed by atoms with E-state index in [9.17, 15) is 9.18 Å². The highest BCUT2D eigenvalue weighted by atomic mass is 79.9. The molecular formula is C14H18BrFN2O. The van der Waals surface area contributed by atoms with Gasteiger partial charge in [0.2, 0.25) is 0 Å². The number of urea groups is 1. The van der Waals surface area contributed by atoms with Crippen molar-refractivity contribution >= 4 is 27.6 Å². The zero-order chi connectivity index (χ0) is 13.8. The molecule has 0 spiro atoms. The van der Waals surface area contributed by atoms with Crippen molar-refractivity contribution in [3.63, 3.8) is 0 Å². The number of hydrogen-bond acceptors (Lipinski definition) is 1. The van der Waals surface area contributed by atoms with Crippen molar-refractivity contribution in [2.24, 2.45) is 5.92 Å². The molecule has 1 saturated carbocycles. The van der Waals surface area contributed by atoms with Gasteiger partial charge in [0.1, 0.15) is 5.82 Å². The van der Waals surface area contributed by atoms with Gasteiger partial charge in [0.15, 0.2) is 0 Å². The van der Waals surface area contributed by atoms with Gasteiger partial charge in [-0.15, -0.1) is 0 Å². The molecule has 0 radical (unpaired) electrons. The molecule has 1 aromatic rings. The molecule has 0 heterocycles. The maximum Gasteiger partial charge on any atom is 0.321 e. The minimum absolute atomic E-state index is 0.213. The fraction of sp³-hybridized carbons (Fsp3) is 0.500. The van der Waals surface area contributed by atoms with Gasteiger partial charge >= 0.3 is 6.03 Å². The number of anilines is 1. The van der Waals surface area contributed by atoms with Crippen molar-refractivity contribution in [1.29, 1.82) is 0 Å². The summed E-state index contributed by atoms with van der Waals surface area (Å²) in [5.74, 6) is 0.206. The first-order valence-electron chi connectivity index (χ1n) is 6.61.